The van der Waals surface area contributed by atoms with E-state index < -0.39 is 17.8 Å². The standard InChI is InChI=1S/C25H26ClF3N2O2/c1-33-18-9-10-21-20(15-18)19-11-13-31(22(32)8-3-2-4-12-26)24(23(19)30-21)16-6-5-7-17(14-16)25(27,28)29/h5-7,9-10,14-15,24,30H,2-4,8,11-13H2,1H3/t24-/m0/s1. The Morgan fingerprint density at radius 1 is 1.18 bits per heavy atom. The molecule has 2 aromatic carbocycles. The fraction of sp³-hybridized carbons (Fsp3) is 0.400. The van der Waals surface area contributed by atoms with E-state index in [9.17, 15) is 18.0 Å². The molecule has 0 fully saturated rings. The summed E-state index contributed by atoms with van der Waals surface area (Å²) in [6.45, 7) is 0.437. The summed E-state index contributed by atoms with van der Waals surface area (Å²) in [4.78, 5) is 18.3. The van der Waals surface area contributed by atoms with Gasteiger partial charge < -0.3 is 14.6 Å². The highest BCUT2D eigenvalue weighted by atomic mass is 35.5. The zero-order valence-corrected chi connectivity index (χ0v) is 19.1. The Kier molecular flexibility index (Phi) is 6.88. The molecule has 2 heterocycles. The topological polar surface area (TPSA) is 45.3 Å². The molecule has 0 unspecified atom stereocenters. The fourth-order valence-electron chi connectivity index (χ4n) is 4.59. The molecule has 0 radical (unpaired) electrons. The van der Waals surface area contributed by atoms with Gasteiger partial charge in [-0.3, -0.25) is 4.79 Å². The lowest BCUT2D eigenvalue weighted by molar-refractivity contribution is -0.137. The number of aromatic nitrogens is 1. The predicted octanol–water partition coefficient (Wildman–Crippen LogP) is 6.47. The molecule has 0 spiro atoms. The highest BCUT2D eigenvalue weighted by Gasteiger charge is 2.36. The zero-order chi connectivity index (χ0) is 23.6. The molecule has 4 rings (SSSR count). The minimum atomic E-state index is -4.46. The van der Waals surface area contributed by atoms with Crippen LogP contribution in [0.3, 0.4) is 0 Å². The van der Waals surface area contributed by atoms with E-state index in [1.807, 2.05) is 18.2 Å². The Hall–Kier alpha value is -2.67. The van der Waals surface area contributed by atoms with Gasteiger partial charge in [-0.05, 0) is 60.7 Å². The molecule has 3 aromatic rings. The number of carbonyl (C=O) groups is 1. The van der Waals surface area contributed by atoms with Crippen LogP contribution in [-0.4, -0.2) is 35.3 Å². The van der Waals surface area contributed by atoms with Gasteiger partial charge in [-0.15, -0.1) is 11.6 Å². The van der Waals surface area contributed by atoms with Gasteiger partial charge in [0.1, 0.15) is 5.75 Å². The number of hydrogen-bond donors (Lipinski definition) is 1. The maximum Gasteiger partial charge on any atom is 0.416 e. The number of hydrogen-bond acceptors (Lipinski definition) is 2. The number of nitrogens with zero attached hydrogens (tertiary/aromatic N) is 1. The molecule has 8 heteroatoms. The fourth-order valence-corrected chi connectivity index (χ4v) is 4.78. The molecule has 4 nitrogen and oxygen atoms in total. The summed E-state index contributed by atoms with van der Waals surface area (Å²) in [6, 6.07) is 10.3. The second-order valence-electron chi connectivity index (χ2n) is 8.29. The average Bonchev–Trinajstić information content (AvgIpc) is 3.18. The number of fused-ring (bicyclic) bond motifs is 3. The SMILES string of the molecule is COc1ccc2[nH]c3c(c2c1)CCN(C(=O)CCCCCCl)[C@H]3c1cccc(C(F)(F)F)c1. The van der Waals surface area contributed by atoms with E-state index in [1.54, 1.807) is 18.1 Å². The van der Waals surface area contributed by atoms with Crippen LogP contribution in [0.15, 0.2) is 42.5 Å². The first-order valence-corrected chi connectivity index (χ1v) is 11.6. The summed E-state index contributed by atoms with van der Waals surface area (Å²) in [5, 5.41) is 0.968. The van der Waals surface area contributed by atoms with Crippen molar-refractivity contribution in [1.29, 1.82) is 0 Å². The van der Waals surface area contributed by atoms with E-state index in [0.29, 0.717) is 43.0 Å². The van der Waals surface area contributed by atoms with Crippen molar-refractivity contribution in [3.05, 3.63) is 64.8 Å². The zero-order valence-electron chi connectivity index (χ0n) is 18.3. The number of nitrogens with one attached hydrogen (secondary N) is 1. The van der Waals surface area contributed by atoms with Gasteiger partial charge in [-0.2, -0.15) is 13.2 Å². The molecule has 0 aliphatic carbocycles. The molecule has 33 heavy (non-hydrogen) atoms. The van der Waals surface area contributed by atoms with E-state index in [4.69, 9.17) is 16.3 Å². The van der Waals surface area contributed by atoms with Crippen molar-refractivity contribution in [3.63, 3.8) is 0 Å². The summed E-state index contributed by atoms with van der Waals surface area (Å²) in [5.74, 6) is 1.19. The van der Waals surface area contributed by atoms with Gasteiger partial charge in [-0.25, -0.2) is 0 Å². The summed E-state index contributed by atoms with van der Waals surface area (Å²) in [7, 11) is 1.59. The average molecular weight is 479 g/mol. The van der Waals surface area contributed by atoms with Crippen molar-refractivity contribution >= 4 is 28.4 Å². The molecule has 1 aromatic heterocycles. The smallest absolute Gasteiger partial charge is 0.416 e. The van der Waals surface area contributed by atoms with Crippen molar-refractivity contribution in [2.45, 2.75) is 44.3 Å². The largest absolute Gasteiger partial charge is 0.497 e. The van der Waals surface area contributed by atoms with Crippen LogP contribution in [0.5, 0.6) is 5.75 Å². The number of carbonyl (C=O) groups excluding carboxylic acids is 1. The number of benzene rings is 2. The maximum absolute atomic E-state index is 13.5. The molecule has 1 aliphatic heterocycles. The number of methoxy groups -OCH3 is 1. The van der Waals surface area contributed by atoms with Crippen molar-refractivity contribution in [2.24, 2.45) is 0 Å². The number of amides is 1. The minimum Gasteiger partial charge on any atom is -0.497 e. The Labute approximate surface area is 195 Å². The monoisotopic (exact) mass is 478 g/mol. The van der Waals surface area contributed by atoms with Crippen LogP contribution in [0.25, 0.3) is 10.9 Å². The highest BCUT2D eigenvalue weighted by molar-refractivity contribution is 6.17. The number of ether oxygens (including phenoxy) is 1. The van der Waals surface area contributed by atoms with Gasteiger partial charge in [0, 0.05) is 35.4 Å². The van der Waals surface area contributed by atoms with Crippen LogP contribution in [0.1, 0.15) is 54.1 Å². The van der Waals surface area contributed by atoms with Crippen molar-refractivity contribution < 1.29 is 22.7 Å². The molecule has 1 N–H and O–H groups in total. The van der Waals surface area contributed by atoms with Crippen molar-refractivity contribution in [2.75, 3.05) is 19.5 Å². The normalized spacial score (nSPS) is 16.2. The van der Waals surface area contributed by atoms with Crippen LogP contribution in [0.2, 0.25) is 0 Å². The third kappa shape index (κ3) is 4.83. The van der Waals surface area contributed by atoms with Gasteiger partial charge in [0.2, 0.25) is 5.91 Å². The number of aromatic amines is 1. The lowest BCUT2D eigenvalue weighted by Gasteiger charge is -2.36. The molecular formula is C25H26ClF3N2O2. The Morgan fingerprint density at radius 2 is 2.00 bits per heavy atom. The van der Waals surface area contributed by atoms with E-state index in [0.717, 1.165) is 47.1 Å². The number of rotatable bonds is 7. The van der Waals surface area contributed by atoms with Crippen LogP contribution >= 0.6 is 11.6 Å². The van der Waals surface area contributed by atoms with Gasteiger partial charge in [-0.1, -0.05) is 18.6 Å². The minimum absolute atomic E-state index is 0.0612. The van der Waals surface area contributed by atoms with Crippen LogP contribution in [0.4, 0.5) is 13.2 Å². The first kappa shape index (κ1) is 23.5. The van der Waals surface area contributed by atoms with Crippen molar-refractivity contribution in [3.8, 4) is 5.75 Å². The Bertz CT molecular complexity index is 1140. The third-order valence-corrected chi connectivity index (χ3v) is 6.48. The third-order valence-electron chi connectivity index (χ3n) is 6.21. The molecule has 0 saturated carbocycles. The molecule has 0 saturated heterocycles. The second kappa shape index (κ2) is 9.67. The molecule has 0 bridgehead atoms. The lowest BCUT2D eigenvalue weighted by Crippen LogP contribution is -2.40. The van der Waals surface area contributed by atoms with Gasteiger partial charge >= 0.3 is 6.18 Å². The van der Waals surface area contributed by atoms with E-state index >= 15 is 0 Å². The lowest BCUT2D eigenvalue weighted by atomic mass is 9.91. The number of halogens is 4. The van der Waals surface area contributed by atoms with E-state index in [-0.39, 0.29) is 5.91 Å². The van der Waals surface area contributed by atoms with E-state index in [2.05, 4.69) is 4.98 Å². The van der Waals surface area contributed by atoms with Crippen LogP contribution in [-0.2, 0) is 17.4 Å². The van der Waals surface area contributed by atoms with Gasteiger partial charge in [0.05, 0.1) is 18.7 Å². The highest BCUT2D eigenvalue weighted by Crippen LogP contribution is 2.41. The number of H-pyrrole nitrogens is 1. The first-order chi connectivity index (χ1) is 15.8. The summed E-state index contributed by atoms with van der Waals surface area (Å²) in [6.07, 6.45) is -1.12. The Morgan fingerprint density at radius 3 is 2.73 bits per heavy atom. The van der Waals surface area contributed by atoms with Crippen molar-refractivity contribution in [1.82, 2.24) is 9.88 Å². The summed E-state index contributed by atoms with van der Waals surface area (Å²) >= 11 is 5.74. The van der Waals surface area contributed by atoms with E-state index in [1.165, 1.54) is 6.07 Å². The quantitative estimate of drug-likeness (QED) is 0.312. The predicted molar refractivity (Wildman–Crippen MR) is 123 cm³/mol. The molecule has 1 aliphatic rings. The molecule has 1 atom stereocenters. The first-order valence-electron chi connectivity index (χ1n) is 11.0. The molecule has 176 valence electrons. The molecule has 1 amide bonds. The van der Waals surface area contributed by atoms with Crippen LogP contribution in [0, 0.1) is 0 Å². The van der Waals surface area contributed by atoms with Gasteiger partial charge in [0.25, 0.3) is 0 Å². The summed E-state index contributed by atoms with van der Waals surface area (Å²) in [5.41, 5.74) is 2.36. The van der Waals surface area contributed by atoms with Crippen LogP contribution < -0.4 is 4.74 Å². The van der Waals surface area contributed by atoms with Gasteiger partial charge in [0.15, 0.2) is 0 Å². The Balaban J connectivity index is 1.78. The second-order valence-corrected chi connectivity index (χ2v) is 8.67. The maximum atomic E-state index is 13.5. The molecular weight excluding hydrogens is 453 g/mol. The summed E-state index contributed by atoms with van der Waals surface area (Å²) < 4.78 is 45.7. The number of unbranched alkanes of at least 4 members (excludes halogenated alkanes) is 2. The number of alkyl halides is 4.